The molecule has 22 heavy (non-hydrogen) atoms. The minimum atomic E-state index is -1.07. The zero-order valence-corrected chi connectivity index (χ0v) is 12.8. The van der Waals surface area contributed by atoms with Crippen molar-refractivity contribution in [2.75, 3.05) is 5.73 Å². The smallest absolute Gasteiger partial charge is 0.347 e. The molecule has 0 saturated carbocycles. The number of halogens is 3. The number of nitrogens with zero attached hydrogens (tertiary/aromatic N) is 1. The number of nitrogens with two attached hydrogens (primary N) is 1. The molecule has 6 nitrogen and oxygen atoms in total. The number of ether oxygens (including phenoxy) is 2. The third-order valence-corrected chi connectivity index (χ3v) is 3.35. The van der Waals surface area contributed by atoms with E-state index in [1.165, 1.54) is 19.5 Å². The molecule has 0 aliphatic heterocycles. The average Bonchev–Trinajstić information content (AvgIpc) is 3.01. The summed E-state index contributed by atoms with van der Waals surface area (Å²) in [5, 5.41) is -0.589. The Morgan fingerprint density at radius 3 is 2.86 bits per heavy atom. The standard InChI is InChI=1S/C13H11Cl2FN2O4/c1-6(13(19)21-5-7-2-3-20-4-7)22-12-9(15)10(17)8(14)11(16)18-12/h2-4,6H,5H2,1H3,(H2,17,18)/t6-/m1/s1. The Bertz CT molecular complexity index is 679. The van der Waals surface area contributed by atoms with Crippen LogP contribution in [0.15, 0.2) is 23.0 Å². The van der Waals surface area contributed by atoms with E-state index in [-0.39, 0.29) is 23.2 Å². The maximum Gasteiger partial charge on any atom is 0.347 e. The van der Waals surface area contributed by atoms with Crippen LogP contribution >= 0.6 is 23.2 Å². The zero-order valence-electron chi connectivity index (χ0n) is 11.3. The van der Waals surface area contributed by atoms with Crippen LogP contribution in [0.25, 0.3) is 0 Å². The molecule has 2 heterocycles. The molecule has 2 N–H and O–H groups in total. The number of carbonyl (C=O) groups is 1. The molecule has 0 aliphatic rings. The van der Waals surface area contributed by atoms with E-state index in [1.54, 1.807) is 6.07 Å². The van der Waals surface area contributed by atoms with Crippen molar-refractivity contribution in [3.05, 3.63) is 40.1 Å². The lowest BCUT2D eigenvalue weighted by molar-refractivity contribution is -0.152. The number of nitrogen functional groups attached to an aromatic ring is 1. The number of anilines is 1. The minimum absolute atomic E-state index is 0.0152. The van der Waals surface area contributed by atoms with Gasteiger partial charge in [0.1, 0.15) is 16.7 Å². The van der Waals surface area contributed by atoms with Gasteiger partial charge in [-0.3, -0.25) is 0 Å². The summed E-state index contributed by atoms with van der Waals surface area (Å²) in [5.41, 5.74) is 5.97. The molecule has 0 radical (unpaired) electrons. The van der Waals surface area contributed by atoms with Gasteiger partial charge in [0, 0.05) is 5.56 Å². The van der Waals surface area contributed by atoms with E-state index in [2.05, 4.69) is 4.98 Å². The maximum absolute atomic E-state index is 13.4. The zero-order chi connectivity index (χ0) is 16.3. The summed E-state index contributed by atoms with van der Waals surface area (Å²) in [6.45, 7) is 1.42. The Balaban J connectivity index is 2.02. The van der Waals surface area contributed by atoms with Gasteiger partial charge in [0.15, 0.2) is 6.10 Å². The molecule has 0 spiro atoms. The first-order valence-corrected chi connectivity index (χ1v) is 6.80. The number of rotatable bonds is 5. The SMILES string of the molecule is C[C@@H](Oc1nc(F)c(Cl)c(N)c1Cl)C(=O)OCc1ccoc1. The van der Waals surface area contributed by atoms with Crippen LogP contribution in [0.1, 0.15) is 12.5 Å². The highest BCUT2D eigenvalue weighted by molar-refractivity contribution is 6.39. The predicted molar refractivity (Wildman–Crippen MR) is 77.2 cm³/mol. The molecule has 0 unspecified atom stereocenters. The number of esters is 1. The molecular formula is C13H11Cl2FN2O4. The van der Waals surface area contributed by atoms with Crippen molar-refractivity contribution in [1.82, 2.24) is 4.98 Å². The Kier molecular flexibility index (Phi) is 5.10. The van der Waals surface area contributed by atoms with Crippen molar-refractivity contribution in [3.63, 3.8) is 0 Å². The van der Waals surface area contributed by atoms with E-state index in [1.807, 2.05) is 0 Å². The van der Waals surface area contributed by atoms with Gasteiger partial charge in [-0.1, -0.05) is 23.2 Å². The second-order valence-corrected chi connectivity index (χ2v) is 5.00. The molecule has 0 bridgehead atoms. The normalized spacial score (nSPS) is 12.0. The molecular weight excluding hydrogens is 338 g/mol. The summed E-state index contributed by atoms with van der Waals surface area (Å²) < 4.78 is 28.4. The van der Waals surface area contributed by atoms with Crippen molar-refractivity contribution in [1.29, 1.82) is 0 Å². The quantitative estimate of drug-likeness (QED) is 0.659. The highest BCUT2D eigenvalue weighted by Crippen LogP contribution is 2.35. The van der Waals surface area contributed by atoms with Crippen molar-refractivity contribution in [3.8, 4) is 5.88 Å². The highest BCUT2D eigenvalue weighted by atomic mass is 35.5. The minimum Gasteiger partial charge on any atom is -0.472 e. The van der Waals surface area contributed by atoms with Gasteiger partial charge in [0.25, 0.3) is 0 Å². The molecule has 0 saturated heterocycles. The predicted octanol–water partition coefficient (Wildman–Crippen LogP) is 3.21. The lowest BCUT2D eigenvalue weighted by atomic mass is 10.3. The van der Waals surface area contributed by atoms with Gasteiger partial charge < -0.3 is 19.6 Å². The Morgan fingerprint density at radius 1 is 1.50 bits per heavy atom. The molecule has 118 valence electrons. The van der Waals surface area contributed by atoms with E-state index in [9.17, 15) is 9.18 Å². The van der Waals surface area contributed by atoms with Crippen LogP contribution in [0.3, 0.4) is 0 Å². The summed E-state index contributed by atoms with van der Waals surface area (Å²) in [6.07, 6.45) is 1.82. The first kappa shape index (κ1) is 16.4. The molecule has 2 aromatic rings. The van der Waals surface area contributed by atoms with E-state index < -0.39 is 23.0 Å². The van der Waals surface area contributed by atoms with Gasteiger partial charge >= 0.3 is 5.97 Å². The molecule has 9 heteroatoms. The maximum atomic E-state index is 13.4. The van der Waals surface area contributed by atoms with Gasteiger partial charge in [0.2, 0.25) is 11.8 Å². The number of aromatic nitrogens is 1. The number of hydrogen-bond donors (Lipinski definition) is 1. The second-order valence-electron chi connectivity index (χ2n) is 4.25. The molecule has 0 aromatic carbocycles. The van der Waals surface area contributed by atoms with E-state index in [0.717, 1.165) is 0 Å². The number of hydrogen-bond acceptors (Lipinski definition) is 6. The largest absolute Gasteiger partial charge is 0.472 e. The van der Waals surface area contributed by atoms with Gasteiger partial charge in [-0.05, 0) is 13.0 Å². The number of pyridine rings is 1. The molecule has 0 fully saturated rings. The fourth-order valence-electron chi connectivity index (χ4n) is 1.45. The first-order valence-electron chi connectivity index (χ1n) is 6.04. The van der Waals surface area contributed by atoms with Crippen LogP contribution in [0.4, 0.5) is 10.1 Å². The summed E-state index contributed by atoms with van der Waals surface area (Å²) >= 11 is 11.4. The number of furan rings is 1. The number of carbonyl (C=O) groups excluding carboxylic acids is 1. The first-order chi connectivity index (χ1) is 10.4. The van der Waals surface area contributed by atoms with E-state index >= 15 is 0 Å². The summed E-state index contributed by atoms with van der Waals surface area (Å²) in [6, 6.07) is 1.65. The fraction of sp³-hybridized carbons (Fsp3) is 0.231. The van der Waals surface area contributed by atoms with Crippen LogP contribution < -0.4 is 10.5 Å². The van der Waals surface area contributed by atoms with E-state index in [4.69, 9.17) is 42.8 Å². The van der Waals surface area contributed by atoms with Crippen molar-refractivity contribution in [2.24, 2.45) is 0 Å². The molecule has 0 aliphatic carbocycles. The average molecular weight is 349 g/mol. The molecule has 2 rings (SSSR count). The monoisotopic (exact) mass is 348 g/mol. The van der Waals surface area contributed by atoms with Crippen LogP contribution in [0, 0.1) is 5.95 Å². The van der Waals surface area contributed by atoms with Crippen molar-refractivity contribution in [2.45, 2.75) is 19.6 Å². The van der Waals surface area contributed by atoms with Crippen LogP contribution in [-0.2, 0) is 16.1 Å². The molecule has 2 aromatic heterocycles. The molecule has 1 atom stereocenters. The van der Waals surface area contributed by atoms with Crippen LogP contribution in [0.5, 0.6) is 5.88 Å². The Labute approximate surface area is 134 Å². The van der Waals surface area contributed by atoms with Crippen molar-refractivity contribution >= 4 is 34.9 Å². The summed E-state index contributed by atoms with van der Waals surface area (Å²) in [7, 11) is 0. The van der Waals surface area contributed by atoms with Crippen LogP contribution in [-0.4, -0.2) is 17.1 Å². The summed E-state index contributed by atoms with van der Waals surface area (Å²) in [4.78, 5) is 15.2. The molecule has 0 amide bonds. The Hall–Kier alpha value is -1.99. The lowest BCUT2D eigenvalue weighted by Gasteiger charge is -2.15. The van der Waals surface area contributed by atoms with E-state index in [0.29, 0.717) is 5.56 Å². The van der Waals surface area contributed by atoms with Crippen molar-refractivity contribution < 1.29 is 23.1 Å². The Morgan fingerprint density at radius 2 is 2.23 bits per heavy atom. The van der Waals surface area contributed by atoms with Gasteiger partial charge in [-0.15, -0.1) is 0 Å². The van der Waals surface area contributed by atoms with Gasteiger partial charge in [-0.2, -0.15) is 9.37 Å². The lowest BCUT2D eigenvalue weighted by Crippen LogP contribution is -2.26. The topological polar surface area (TPSA) is 87.6 Å². The van der Waals surface area contributed by atoms with Gasteiger partial charge in [0.05, 0.1) is 18.2 Å². The second kappa shape index (κ2) is 6.85. The third kappa shape index (κ3) is 3.61. The highest BCUT2D eigenvalue weighted by Gasteiger charge is 2.22. The summed E-state index contributed by atoms with van der Waals surface area (Å²) in [5.74, 6) is -2.07. The van der Waals surface area contributed by atoms with Gasteiger partial charge in [-0.25, -0.2) is 4.79 Å². The third-order valence-electron chi connectivity index (χ3n) is 2.62. The fourth-order valence-corrected chi connectivity index (χ4v) is 1.82. The van der Waals surface area contributed by atoms with Crippen LogP contribution in [0.2, 0.25) is 10.0 Å².